The quantitative estimate of drug-likeness (QED) is 0.730. The molecule has 1 atom stereocenters. The van der Waals surface area contributed by atoms with Gasteiger partial charge in [0.15, 0.2) is 0 Å². The third-order valence-electron chi connectivity index (χ3n) is 4.02. The number of hydrogen-bond acceptors (Lipinski definition) is 3. The molecule has 1 amide bonds. The van der Waals surface area contributed by atoms with Crippen LogP contribution >= 0.6 is 0 Å². The van der Waals surface area contributed by atoms with Gasteiger partial charge >= 0.3 is 0 Å². The van der Waals surface area contributed by atoms with E-state index in [2.05, 4.69) is 16.2 Å². The number of terminal acetylenes is 1. The summed E-state index contributed by atoms with van der Waals surface area (Å²) in [5.74, 6) is 3.69. The highest BCUT2D eigenvalue weighted by molar-refractivity contribution is 5.97. The lowest BCUT2D eigenvalue weighted by Crippen LogP contribution is -2.29. The van der Waals surface area contributed by atoms with Gasteiger partial charge in [0.05, 0.1) is 36.3 Å². The van der Waals surface area contributed by atoms with Gasteiger partial charge in [0.25, 0.3) is 5.91 Å². The molecule has 0 aliphatic rings. The van der Waals surface area contributed by atoms with Crippen molar-refractivity contribution in [1.82, 2.24) is 14.9 Å². The third kappa shape index (κ3) is 3.20. The van der Waals surface area contributed by atoms with E-state index >= 15 is 0 Å². The van der Waals surface area contributed by atoms with Gasteiger partial charge in [0.2, 0.25) is 0 Å². The molecule has 0 radical (unpaired) electrons. The van der Waals surface area contributed by atoms with Crippen LogP contribution in [0.2, 0.25) is 0 Å². The average molecular weight is 333 g/mol. The number of para-hydroxylation sites is 3. The lowest BCUT2D eigenvalue weighted by molar-refractivity contribution is 0.0934. The standard InChI is InChI=1S/C20H19N3O2/c1-4-13-23-17-11-7-6-10-16(17)22-19(23)14(2)21-20(24)15-9-5-8-12-18(15)25-3/h1,5-12,14H,13H2,2-3H3,(H,21,24). The minimum Gasteiger partial charge on any atom is -0.496 e. The van der Waals surface area contributed by atoms with Crippen molar-refractivity contribution in [2.75, 3.05) is 7.11 Å². The molecule has 0 aliphatic heterocycles. The van der Waals surface area contributed by atoms with Crippen LogP contribution in [-0.4, -0.2) is 22.6 Å². The van der Waals surface area contributed by atoms with E-state index in [9.17, 15) is 4.79 Å². The van der Waals surface area contributed by atoms with Gasteiger partial charge in [0, 0.05) is 0 Å². The second kappa shape index (κ2) is 7.10. The largest absolute Gasteiger partial charge is 0.496 e. The molecule has 1 aromatic heterocycles. The number of nitrogens with zero attached hydrogens (tertiary/aromatic N) is 2. The molecular weight excluding hydrogens is 314 g/mol. The topological polar surface area (TPSA) is 56.2 Å². The van der Waals surface area contributed by atoms with Crippen LogP contribution in [0.4, 0.5) is 0 Å². The Kier molecular flexibility index (Phi) is 4.71. The minimum atomic E-state index is -0.307. The summed E-state index contributed by atoms with van der Waals surface area (Å²) in [6.45, 7) is 2.28. The van der Waals surface area contributed by atoms with Crippen molar-refractivity contribution in [3.63, 3.8) is 0 Å². The fraction of sp³-hybridized carbons (Fsp3) is 0.200. The molecule has 1 heterocycles. The van der Waals surface area contributed by atoms with E-state index < -0.39 is 0 Å². The normalized spacial score (nSPS) is 11.7. The highest BCUT2D eigenvalue weighted by Crippen LogP contribution is 2.22. The molecule has 3 aromatic rings. The molecule has 5 heteroatoms. The molecule has 0 aliphatic carbocycles. The zero-order chi connectivity index (χ0) is 17.8. The van der Waals surface area contributed by atoms with Crippen molar-refractivity contribution >= 4 is 16.9 Å². The molecule has 1 unspecified atom stereocenters. The van der Waals surface area contributed by atoms with Crippen molar-refractivity contribution < 1.29 is 9.53 Å². The monoisotopic (exact) mass is 333 g/mol. The van der Waals surface area contributed by atoms with Crippen LogP contribution in [0.5, 0.6) is 5.75 Å². The number of benzene rings is 2. The van der Waals surface area contributed by atoms with E-state index in [-0.39, 0.29) is 11.9 Å². The Labute approximate surface area is 146 Å². The van der Waals surface area contributed by atoms with Crippen LogP contribution in [-0.2, 0) is 6.54 Å². The fourth-order valence-corrected chi connectivity index (χ4v) is 2.85. The average Bonchev–Trinajstić information content (AvgIpc) is 3.01. The second-order valence-corrected chi connectivity index (χ2v) is 5.64. The summed E-state index contributed by atoms with van der Waals surface area (Å²) in [6, 6.07) is 14.6. The second-order valence-electron chi connectivity index (χ2n) is 5.64. The maximum Gasteiger partial charge on any atom is 0.255 e. The van der Waals surface area contributed by atoms with Gasteiger partial charge in [-0.15, -0.1) is 6.42 Å². The van der Waals surface area contributed by atoms with E-state index in [4.69, 9.17) is 11.2 Å². The first-order valence-electron chi connectivity index (χ1n) is 7.98. The summed E-state index contributed by atoms with van der Waals surface area (Å²) in [5, 5.41) is 2.98. The van der Waals surface area contributed by atoms with Crippen LogP contribution in [0.25, 0.3) is 11.0 Å². The Morgan fingerprint density at radius 1 is 1.28 bits per heavy atom. The number of hydrogen-bond donors (Lipinski definition) is 1. The Balaban J connectivity index is 1.92. The molecule has 25 heavy (non-hydrogen) atoms. The maximum atomic E-state index is 12.6. The first kappa shape index (κ1) is 16.6. The zero-order valence-corrected chi connectivity index (χ0v) is 14.2. The van der Waals surface area contributed by atoms with Gasteiger partial charge in [-0.05, 0) is 31.2 Å². The smallest absolute Gasteiger partial charge is 0.255 e. The van der Waals surface area contributed by atoms with Crippen molar-refractivity contribution in [1.29, 1.82) is 0 Å². The summed E-state index contributed by atoms with van der Waals surface area (Å²) in [7, 11) is 1.54. The molecule has 3 rings (SSSR count). The Morgan fingerprint density at radius 3 is 2.76 bits per heavy atom. The van der Waals surface area contributed by atoms with E-state index in [0.29, 0.717) is 17.9 Å². The van der Waals surface area contributed by atoms with Crippen LogP contribution in [0.15, 0.2) is 48.5 Å². The van der Waals surface area contributed by atoms with Gasteiger partial charge in [-0.1, -0.05) is 30.2 Å². The van der Waals surface area contributed by atoms with Gasteiger partial charge in [-0.3, -0.25) is 4.79 Å². The number of imidazole rings is 1. The summed E-state index contributed by atoms with van der Waals surface area (Å²) in [4.78, 5) is 17.3. The fourth-order valence-electron chi connectivity index (χ4n) is 2.85. The molecule has 0 fully saturated rings. The van der Waals surface area contributed by atoms with Crippen LogP contribution in [0, 0.1) is 12.3 Å². The number of aromatic nitrogens is 2. The number of ether oxygens (including phenoxy) is 1. The highest BCUT2D eigenvalue weighted by atomic mass is 16.5. The SMILES string of the molecule is C#CCn1c(C(C)NC(=O)c2ccccc2OC)nc2ccccc21. The molecular formula is C20H19N3O2. The molecule has 2 aromatic carbocycles. The first-order chi connectivity index (χ1) is 12.2. The molecule has 0 spiro atoms. The van der Waals surface area contributed by atoms with Crippen LogP contribution < -0.4 is 10.1 Å². The van der Waals surface area contributed by atoms with Crippen molar-refractivity contribution in [3.8, 4) is 18.1 Å². The predicted octanol–water partition coefficient (Wildman–Crippen LogP) is 3.17. The highest BCUT2D eigenvalue weighted by Gasteiger charge is 2.20. The van der Waals surface area contributed by atoms with Gasteiger partial charge in [0.1, 0.15) is 11.6 Å². The minimum absolute atomic E-state index is 0.218. The van der Waals surface area contributed by atoms with E-state index in [0.717, 1.165) is 16.9 Å². The maximum absolute atomic E-state index is 12.6. The van der Waals surface area contributed by atoms with E-state index in [1.165, 1.54) is 0 Å². The van der Waals surface area contributed by atoms with Crippen molar-refractivity contribution in [2.45, 2.75) is 19.5 Å². The number of amides is 1. The molecule has 5 nitrogen and oxygen atoms in total. The summed E-state index contributed by atoms with van der Waals surface area (Å²) >= 11 is 0. The van der Waals surface area contributed by atoms with Crippen molar-refractivity contribution in [3.05, 3.63) is 59.9 Å². The molecule has 0 bridgehead atoms. The van der Waals surface area contributed by atoms with Crippen LogP contribution in [0.1, 0.15) is 29.1 Å². The number of fused-ring (bicyclic) bond motifs is 1. The number of rotatable bonds is 5. The number of methoxy groups -OCH3 is 1. The number of carbonyl (C=O) groups excluding carboxylic acids is 1. The van der Waals surface area contributed by atoms with Gasteiger partial charge in [-0.25, -0.2) is 4.98 Å². The molecule has 1 N–H and O–H groups in total. The summed E-state index contributed by atoms with van der Waals surface area (Å²) in [5.41, 5.74) is 2.29. The summed E-state index contributed by atoms with van der Waals surface area (Å²) in [6.07, 6.45) is 5.51. The lowest BCUT2D eigenvalue weighted by atomic mass is 10.1. The predicted molar refractivity (Wildman–Crippen MR) is 97.4 cm³/mol. The number of carbonyl (C=O) groups is 1. The zero-order valence-electron chi connectivity index (χ0n) is 14.2. The van der Waals surface area contributed by atoms with Crippen molar-refractivity contribution in [2.24, 2.45) is 0 Å². The Bertz CT molecular complexity index is 953. The first-order valence-corrected chi connectivity index (χ1v) is 7.98. The van der Waals surface area contributed by atoms with Crippen LogP contribution in [0.3, 0.4) is 0 Å². The Hall–Kier alpha value is -3.26. The molecule has 0 saturated carbocycles. The van der Waals surface area contributed by atoms with E-state index in [1.807, 2.05) is 41.8 Å². The third-order valence-corrected chi connectivity index (χ3v) is 4.02. The lowest BCUT2D eigenvalue weighted by Gasteiger charge is -2.16. The Morgan fingerprint density at radius 2 is 2.00 bits per heavy atom. The van der Waals surface area contributed by atoms with E-state index in [1.54, 1.807) is 25.3 Å². The molecule has 0 saturated heterocycles. The van der Waals surface area contributed by atoms with Gasteiger partial charge < -0.3 is 14.6 Å². The molecule has 126 valence electrons. The van der Waals surface area contributed by atoms with Gasteiger partial charge in [-0.2, -0.15) is 0 Å². The number of nitrogens with one attached hydrogen (secondary N) is 1. The summed E-state index contributed by atoms with van der Waals surface area (Å²) < 4.78 is 7.20.